The number of benzene rings is 2. The first kappa shape index (κ1) is 26.3. The van der Waals surface area contributed by atoms with E-state index < -0.39 is 17.6 Å². The van der Waals surface area contributed by atoms with E-state index in [0.717, 1.165) is 12.1 Å². The van der Waals surface area contributed by atoms with Crippen LogP contribution in [0, 0.1) is 9.39 Å². The van der Waals surface area contributed by atoms with Crippen LogP contribution in [-0.4, -0.2) is 68.4 Å². The molecule has 0 bridgehead atoms. The van der Waals surface area contributed by atoms with E-state index in [1.165, 1.54) is 18.3 Å². The first-order valence-electron chi connectivity index (χ1n) is 10.7. The van der Waals surface area contributed by atoms with Crippen LogP contribution in [0.4, 0.5) is 10.1 Å². The molecule has 1 heterocycles. The molecule has 35 heavy (non-hydrogen) atoms. The Morgan fingerprint density at radius 3 is 2.54 bits per heavy atom. The molecule has 0 spiro atoms. The summed E-state index contributed by atoms with van der Waals surface area (Å²) in [4.78, 5) is 38.0. The zero-order valence-electron chi connectivity index (χ0n) is 18.9. The molecule has 2 N–H and O–H groups in total. The van der Waals surface area contributed by atoms with E-state index in [1.54, 1.807) is 17.0 Å². The van der Waals surface area contributed by atoms with E-state index in [9.17, 15) is 18.8 Å². The molecule has 3 rings (SSSR count). The van der Waals surface area contributed by atoms with Gasteiger partial charge in [0.1, 0.15) is 5.82 Å². The van der Waals surface area contributed by atoms with Crippen molar-refractivity contribution >= 4 is 52.2 Å². The third-order valence-electron chi connectivity index (χ3n) is 4.72. The van der Waals surface area contributed by atoms with Crippen molar-refractivity contribution in [1.29, 1.82) is 0 Å². The largest absolute Gasteiger partial charge is 0.490 e. The Morgan fingerprint density at radius 1 is 1.14 bits per heavy atom. The number of anilines is 1. The average molecular weight is 598 g/mol. The second kappa shape index (κ2) is 13.0. The van der Waals surface area contributed by atoms with Gasteiger partial charge in [-0.1, -0.05) is 0 Å². The molecule has 0 aliphatic carbocycles. The monoisotopic (exact) mass is 598 g/mol. The van der Waals surface area contributed by atoms with Crippen LogP contribution in [0.1, 0.15) is 12.5 Å². The number of amides is 3. The van der Waals surface area contributed by atoms with Crippen molar-refractivity contribution in [2.75, 3.05) is 44.8 Å². The molecule has 1 saturated heterocycles. The van der Waals surface area contributed by atoms with Gasteiger partial charge < -0.3 is 24.4 Å². The summed E-state index contributed by atoms with van der Waals surface area (Å²) >= 11 is 2.05. The van der Waals surface area contributed by atoms with E-state index in [0.29, 0.717) is 53.5 Å². The van der Waals surface area contributed by atoms with E-state index in [4.69, 9.17) is 14.2 Å². The lowest BCUT2D eigenvalue weighted by Crippen LogP contribution is -2.43. The van der Waals surface area contributed by atoms with Crippen molar-refractivity contribution in [3.8, 4) is 11.5 Å². The van der Waals surface area contributed by atoms with Gasteiger partial charge in [-0.05, 0) is 71.5 Å². The normalized spacial score (nSPS) is 13.4. The lowest BCUT2D eigenvalue weighted by Gasteiger charge is -2.27. The van der Waals surface area contributed by atoms with E-state index in [2.05, 4.69) is 38.4 Å². The maximum atomic E-state index is 12.9. The summed E-state index contributed by atoms with van der Waals surface area (Å²) in [6.07, 6.45) is 1.34. The summed E-state index contributed by atoms with van der Waals surface area (Å²) in [5.41, 5.74) is 2.98. The molecule has 3 amide bonds. The molecule has 10 nitrogen and oxygen atoms in total. The Labute approximate surface area is 214 Å². The number of rotatable bonds is 8. The molecule has 12 heteroatoms. The van der Waals surface area contributed by atoms with Gasteiger partial charge in [0.05, 0.1) is 29.6 Å². The molecule has 2 aromatic rings. The van der Waals surface area contributed by atoms with Crippen LogP contribution in [0.5, 0.6) is 11.5 Å². The van der Waals surface area contributed by atoms with Gasteiger partial charge in [-0.15, -0.1) is 0 Å². The number of hydrazone groups is 1. The van der Waals surface area contributed by atoms with Gasteiger partial charge in [0.2, 0.25) is 0 Å². The highest BCUT2D eigenvalue weighted by atomic mass is 127. The van der Waals surface area contributed by atoms with Crippen molar-refractivity contribution in [1.82, 2.24) is 10.3 Å². The van der Waals surface area contributed by atoms with Gasteiger partial charge in [-0.25, -0.2) is 9.82 Å². The fraction of sp³-hybridized carbons (Fsp3) is 0.304. The first-order chi connectivity index (χ1) is 16.9. The number of nitrogens with one attached hydrogen (secondary N) is 2. The topological polar surface area (TPSA) is 119 Å². The summed E-state index contributed by atoms with van der Waals surface area (Å²) in [7, 11) is 0. The number of hydrogen-bond acceptors (Lipinski definition) is 7. The minimum absolute atomic E-state index is 0.136. The molecular weight excluding hydrogens is 574 g/mol. The van der Waals surface area contributed by atoms with Gasteiger partial charge in [-0.3, -0.25) is 14.4 Å². The Bertz CT molecular complexity index is 1090. The van der Waals surface area contributed by atoms with E-state index in [-0.39, 0.29) is 18.2 Å². The number of ether oxygens (including phenoxy) is 3. The highest BCUT2D eigenvalue weighted by Crippen LogP contribution is 2.34. The first-order valence-corrected chi connectivity index (χ1v) is 11.8. The standard InChI is InChI=1S/C23H24FIN4O6/c1-2-34-19-12-15(11-18(25)21(19)35-14-20(30)29-7-9-33-10-8-29)13-26-28-23(32)22(31)27-17-5-3-16(24)4-6-17/h3-6,11-13H,2,7-10,14H2,1H3,(H,27,31)(H,28,32)/b26-13-. The van der Waals surface area contributed by atoms with E-state index >= 15 is 0 Å². The predicted octanol–water partition coefficient (Wildman–Crippen LogP) is 2.16. The average Bonchev–Trinajstić information content (AvgIpc) is 2.85. The highest BCUT2D eigenvalue weighted by Gasteiger charge is 2.19. The van der Waals surface area contributed by atoms with Gasteiger partial charge in [0.15, 0.2) is 18.1 Å². The minimum atomic E-state index is -0.994. The number of morpholine rings is 1. The Balaban J connectivity index is 1.60. The minimum Gasteiger partial charge on any atom is -0.490 e. The van der Waals surface area contributed by atoms with Crippen molar-refractivity contribution in [2.45, 2.75) is 6.92 Å². The molecule has 1 aliphatic heterocycles. The van der Waals surface area contributed by atoms with Crippen LogP contribution in [0.15, 0.2) is 41.5 Å². The van der Waals surface area contributed by atoms with Crippen LogP contribution in [0.2, 0.25) is 0 Å². The number of nitrogens with zero attached hydrogens (tertiary/aromatic N) is 2. The fourth-order valence-corrected chi connectivity index (χ4v) is 3.82. The summed E-state index contributed by atoms with van der Waals surface area (Å²) < 4.78 is 30.3. The van der Waals surface area contributed by atoms with E-state index in [1.807, 2.05) is 6.92 Å². The van der Waals surface area contributed by atoms with Gasteiger partial charge in [0.25, 0.3) is 5.91 Å². The Hall–Kier alpha value is -3.26. The SMILES string of the molecule is CCOc1cc(/C=N\NC(=O)C(=O)Nc2ccc(F)cc2)cc(I)c1OCC(=O)N1CCOCC1. The second-order valence-electron chi connectivity index (χ2n) is 7.20. The summed E-state index contributed by atoms with van der Waals surface area (Å²) in [5, 5.41) is 6.15. The molecule has 0 aromatic heterocycles. The Kier molecular flexibility index (Phi) is 9.78. The number of carbonyl (C=O) groups excluding carboxylic acids is 3. The Morgan fingerprint density at radius 2 is 1.86 bits per heavy atom. The van der Waals surface area contributed by atoms with Crippen LogP contribution >= 0.6 is 22.6 Å². The van der Waals surface area contributed by atoms with Gasteiger partial charge in [0, 0.05) is 18.8 Å². The molecule has 0 radical (unpaired) electrons. The molecular formula is C23H24FIN4O6. The molecule has 0 unspecified atom stereocenters. The lowest BCUT2D eigenvalue weighted by molar-refractivity contribution is -0.137. The molecule has 2 aromatic carbocycles. The van der Waals surface area contributed by atoms with Crippen LogP contribution in [-0.2, 0) is 19.1 Å². The molecule has 1 aliphatic rings. The summed E-state index contributed by atoms with van der Waals surface area (Å²) in [6, 6.07) is 8.36. The van der Waals surface area contributed by atoms with Crippen molar-refractivity contribution < 1.29 is 33.0 Å². The number of carbonyl (C=O) groups is 3. The summed E-state index contributed by atoms with van der Waals surface area (Å²) in [5.74, 6) is -1.71. The third kappa shape index (κ3) is 7.89. The lowest BCUT2D eigenvalue weighted by atomic mass is 10.2. The van der Waals surface area contributed by atoms with Gasteiger partial charge in [-0.2, -0.15) is 5.10 Å². The quantitative estimate of drug-likeness (QED) is 0.208. The maximum Gasteiger partial charge on any atom is 0.329 e. The third-order valence-corrected chi connectivity index (χ3v) is 5.52. The zero-order chi connectivity index (χ0) is 25.2. The maximum absolute atomic E-state index is 12.9. The number of hydrogen-bond donors (Lipinski definition) is 2. The molecule has 1 fully saturated rings. The van der Waals surface area contributed by atoms with Gasteiger partial charge >= 0.3 is 11.8 Å². The van der Waals surface area contributed by atoms with Crippen LogP contribution in [0.25, 0.3) is 0 Å². The van der Waals surface area contributed by atoms with Crippen molar-refractivity contribution in [3.63, 3.8) is 0 Å². The predicted molar refractivity (Wildman–Crippen MR) is 134 cm³/mol. The summed E-state index contributed by atoms with van der Waals surface area (Å²) in [6.45, 7) is 4.11. The molecule has 186 valence electrons. The van der Waals surface area contributed by atoms with Crippen LogP contribution < -0.4 is 20.2 Å². The molecule has 0 saturated carbocycles. The fourth-order valence-electron chi connectivity index (χ4n) is 3.04. The smallest absolute Gasteiger partial charge is 0.329 e. The second-order valence-corrected chi connectivity index (χ2v) is 8.37. The highest BCUT2D eigenvalue weighted by molar-refractivity contribution is 14.1. The van der Waals surface area contributed by atoms with Crippen molar-refractivity contribution in [3.05, 3.63) is 51.3 Å². The zero-order valence-corrected chi connectivity index (χ0v) is 21.0. The number of halogens is 2. The van der Waals surface area contributed by atoms with Crippen molar-refractivity contribution in [2.24, 2.45) is 5.10 Å². The molecule has 0 atom stereocenters. The van der Waals surface area contributed by atoms with Crippen LogP contribution in [0.3, 0.4) is 0 Å².